The highest BCUT2D eigenvalue weighted by atomic mass is 127. The van der Waals surface area contributed by atoms with Crippen molar-refractivity contribution in [1.82, 2.24) is 30.6 Å². The molecular weight excluding hydrogens is 1450 g/mol. The molecule has 0 unspecified atom stereocenters. The number of nitrogens with zero attached hydrogens (tertiary/aromatic N) is 4. The number of rotatable bonds is 18. The predicted octanol–water partition coefficient (Wildman–Crippen LogP) is 19.1. The molecule has 4 aromatic carbocycles. The Bertz CT molecular complexity index is 3960. The normalized spacial score (nSPS) is 12.8. The number of ether oxygens (including phenoxy) is 4. The van der Waals surface area contributed by atoms with Gasteiger partial charge in [0.1, 0.15) is 11.7 Å². The van der Waals surface area contributed by atoms with E-state index in [0.29, 0.717) is 33.9 Å². The Morgan fingerprint density at radius 3 is 0.989 bits per heavy atom. The van der Waals surface area contributed by atoms with Crippen molar-refractivity contribution in [2.75, 3.05) is 26.4 Å². The number of aliphatic imine (C=N–C) groups is 2. The molecule has 4 amide bonds. The van der Waals surface area contributed by atoms with Crippen molar-refractivity contribution in [3.63, 3.8) is 0 Å². The van der Waals surface area contributed by atoms with Gasteiger partial charge in [0.25, 0.3) is 0 Å². The van der Waals surface area contributed by atoms with E-state index in [4.69, 9.17) is 28.9 Å². The monoisotopic (exact) mass is 1530 g/mol. The van der Waals surface area contributed by atoms with Gasteiger partial charge in [-0.15, -0.1) is 0 Å². The molecule has 478 valence electrons. The Labute approximate surface area is 570 Å². The van der Waals surface area contributed by atoms with Crippen molar-refractivity contribution in [1.29, 1.82) is 0 Å². The van der Waals surface area contributed by atoms with Crippen LogP contribution in [-0.4, -0.2) is 115 Å². The van der Waals surface area contributed by atoms with Crippen LogP contribution in [-0.2, 0) is 18.9 Å². The average Bonchev–Trinajstić information content (AvgIpc) is 1.61. The highest BCUT2D eigenvalue weighted by Crippen LogP contribution is 2.39. The highest BCUT2D eigenvalue weighted by molar-refractivity contribution is 14.1. The molecule has 3 aromatic heterocycles. The summed E-state index contributed by atoms with van der Waals surface area (Å²) in [5.41, 5.74) is 13.6. The lowest BCUT2D eigenvalue weighted by Crippen LogP contribution is -2.34. The van der Waals surface area contributed by atoms with Crippen LogP contribution in [0.1, 0.15) is 33.9 Å². The summed E-state index contributed by atoms with van der Waals surface area (Å²) in [5.74, 6) is 0.0170. The van der Waals surface area contributed by atoms with Crippen LogP contribution in [0, 0.1) is 7.14 Å². The lowest BCUT2D eigenvalue weighted by Gasteiger charge is -2.16. The lowest BCUT2D eigenvalue weighted by atomic mass is 10.0. The van der Waals surface area contributed by atoms with Crippen LogP contribution in [0.15, 0.2) is 131 Å². The molecule has 22 heteroatoms. The Kier molecular flexibility index (Phi) is 22.3. The number of amides is 4. The second kappa shape index (κ2) is 29.7. The smallest absolute Gasteiger partial charge is 0.435 e. The van der Waals surface area contributed by atoms with E-state index in [2.05, 4.69) is 215 Å². The molecular formula is C70H80I2N8O8Si4. The third-order valence-electron chi connectivity index (χ3n) is 15.0. The van der Waals surface area contributed by atoms with E-state index in [-0.39, 0.29) is 38.1 Å². The number of aromatic amines is 2. The molecule has 0 radical (unpaired) electrons. The zero-order chi connectivity index (χ0) is 66.1. The molecule has 7 aromatic rings. The number of carbonyl (C=O) groups is 4. The van der Waals surface area contributed by atoms with Crippen molar-refractivity contribution in [3.05, 3.63) is 162 Å². The largest absolute Gasteiger partial charge is 0.450 e. The second-order valence-electron chi connectivity index (χ2n) is 27.6. The number of hydrogen-bond acceptors (Lipinski definition) is 10. The molecule has 4 N–H and O–H groups in total. The van der Waals surface area contributed by atoms with Crippen molar-refractivity contribution in [3.8, 4) is 44.5 Å². The molecule has 2 aliphatic rings. The number of hydrogen-bond donors (Lipinski definition) is 4. The first-order chi connectivity index (χ1) is 43.5. The Morgan fingerprint density at radius 2 is 0.696 bits per heavy atom. The molecule has 0 spiro atoms. The van der Waals surface area contributed by atoms with Crippen LogP contribution in [0.2, 0.25) is 103 Å². The van der Waals surface area contributed by atoms with Crippen molar-refractivity contribution in [2.45, 2.75) is 103 Å². The quantitative estimate of drug-likeness (QED) is 0.0210. The van der Waals surface area contributed by atoms with Gasteiger partial charge in [0.15, 0.2) is 0 Å². The molecule has 0 fully saturated rings. The SMILES string of the molecule is C[Si](C)(C)CCOC(=O)/N=C(\NC(=O)OCC[Si](C)(C)C)c1ccc(-c2c3nc(c(-c4cccc(I)c4)c4ccc([nH]4)c(-c4ccc(/C(=N\C(=O)OCC[Si](C)(C)C)NC(=O)OCC[Si](C)(C)C)cc4)c4nc(c(-c5cccc(I)c5)c5ccc2[nH]5)C=C4)C=C3)cc1. The summed E-state index contributed by atoms with van der Waals surface area (Å²) in [6, 6.07) is 42.9. The Morgan fingerprint density at radius 1 is 0.402 bits per heavy atom. The van der Waals surface area contributed by atoms with E-state index < -0.39 is 56.7 Å². The standard InChI is InChI=1S/C70H80I2N8O8Si4/c1-89(2,3)39-35-85-67(81)77-65(78-68(82)86-36-40-90(4,5)6)47-23-19-45(20-24-47)61-53-27-31-57(73-53)63(49-15-13-17-51(71)43-49)59-33-29-55(75-59)62(56-30-34-60(76-56)64(58-32-28-54(61)74-58)50-16-14-18-52(72)44-50)46-21-25-48(26-22-46)66(79-69(83)87-37-41-91(7,8)9)80-70(84)88-38-42-92(10,11)12/h13-34,43-44,73,76H,35-42H2,1-12H3,(H,77,78,81,82)(H,79,80,83,84). The molecule has 16 nitrogen and oxygen atoms in total. The minimum atomic E-state index is -1.53. The fourth-order valence-electron chi connectivity index (χ4n) is 9.93. The molecule has 5 heterocycles. The molecule has 2 aliphatic heterocycles. The number of fused-ring (bicyclic) bond motifs is 8. The van der Waals surface area contributed by atoms with E-state index in [1.807, 2.05) is 85.0 Å². The van der Waals surface area contributed by atoms with Gasteiger partial charge in [-0.2, -0.15) is 9.98 Å². The van der Waals surface area contributed by atoms with Crippen LogP contribution in [0.5, 0.6) is 0 Å². The van der Waals surface area contributed by atoms with Crippen LogP contribution >= 0.6 is 45.2 Å². The summed E-state index contributed by atoms with van der Waals surface area (Å²) in [6.07, 6.45) is 5.08. The average molecular weight is 1530 g/mol. The maximum Gasteiger partial charge on any atom is 0.435 e. The zero-order valence-electron chi connectivity index (χ0n) is 54.3. The van der Waals surface area contributed by atoms with Gasteiger partial charge in [-0.3, -0.25) is 10.6 Å². The molecule has 8 bridgehead atoms. The van der Waals surface area contributed by atoms with E-state index in [1.165, 1.54) is 0 Å². The minimum absolute atomic E-state index is 0.00852. The van der Waals surface area contributed by atoms with Crippen molar-refractivity contribution >= 4 is 160 Å². The molecule has 92 heavy (non-hydrogen) atoms. The molecule has 0 saturated heterocycles. The van der Waals surface area contributed by atoms with Gasteiger partial charge in [-0.25, -0.2) is 29.1 Å². The van der Waals surface area contributed by atoms with Gasteiger partial charge in [-0.1, -0.05) is 151 Å². The van der Waals surface area contributed by atoms with Gasteiger partial charge >= 0.3 is 24.4 Å². The van der Waals surface area contributed by atoms with Gasteiger partial charge in [0.2, 0.25) is 0 Å². The summed E-state index contributed by atoms with van der Waals surface area (Å²) in [5, 5.41) is 5.51. The first-order valence-electron chi connectivity index (χ1n) is 30.8. The number of halogens is 2. The third-order valence-corrected chi connectivity index (χ3v) is 23.2. The second-order valence-corrected chi connectivity index (χ2v) is 52.6. The fourth-order valence-corrected chi connectivity index (χ4v) is 13.9. The van der Waals surface area contributed by atoms with Crippen molar-refractivity contribution < 1.29 is 38.1 Å². The minimum Gasteiger partial charge on any atom is -0.450 e. The van der Waals surface area contributed by atoms with Crippen LogP contribution in [0.25, 0.3) is 90.9 Å². The van der Waals surface area contributed by atoms with Crippen molar-refractivity contribution in [2.24, 2.45) is 9.98 Å². The number of H-pyrrole nitrogens is 2. The van der Waals surface area contributed by atoms with E-state index in [9.17, 15) is 19.2 Å². The number of alkyl carbamates (subject to hydrolysis) is 2. The molecule has 0 aliphatic carbocycles. The zero-order valence-corrected chi connectivity index (χ0v) is 62.6. The summed E-state index contributed by atoms with van der Waals surface area (Å²) < 4.78 is 24.5. The van der Waals surface area contributed by atoms with Crippen LogP contribution < -0.4 is 10.6 Å². The van der Waals surface area contributed by atoms with Gasteiger partial charge in [0.05, 0.1) is 49.2 Å². The first-order valence-corrected chi connectivity index (χ1v) is 47.8. The maximum atomic E-state index is 13.4. The van der Waals surface area contributed by atoms with E-state index in [1.54, 1.807) is 0 Å². The van der Waals surface area contributed by atoms with Crippen LogP contribution in [0.3, 0.4) is 0 Å². The predicted molar refractivity (Wildman–Crippen MR) is 403 cm³/mol. The van der Waals surface area contributed by atoms with E-state index >= 15 is 0 Å². The first kappa shape index (κ1) is 69.0. The number of benzene rings is 4. The fraction of sp³-hybridized carbons (Fsp3) is 0.286. The van der Waals surface area contributed by atoms with Gasteiger partial charge < -0.3 is 28.9 Å². The summed E-state index contributed by atoms with van der Waals surface area (Å²) in [4.78, 5) is 80.7. The lowest BCUT2D eigenvalue weighted by molar-refractivity contribution is 0.155. The summed E-state index contributed by atoms with van der Waals surface area (Å²) in [7, 11) is -6.09. The van der Waals surface area contributed by atoms with Gasteiger partial charge in [-0.05, 0) is 164 Å². The molecule has 0 saturated carbocycles. The van der Waals surface area contributed by atoms with Gasteiger partial charge in [0, 0.05) is 94.9 Å². The highest BCUT2D eigenvalue weighted by Gasteiger charge is 2.24. The maximum absolute atomic E-state index is 13.4. The topological polar surface area (TPSA) is 211 Å². The van der Waals surface area contributed by atoms with Crippen LogP contribution in [0.4, 0.5) is 19.2 Å². The Balaban J connectivity index is 1.23. The van der Waals surface area contributed by atoms with E-state index in [0.717, 1.165) is 97.9 Å². The number of nitrogens with one attached hydrogen (secondary N) is 4. The number of carbonyl (C=O) groups excluding carboxylic acids is 4. The number of aromatic nitrogens is 4. The molecule has 0 atom stereocenters. The summed E-state index contributed by atoms with van der Waals surface area (Å²) in [6.45, 7) is 27.4. The summed E-state index contributed by atoms with van der Waals surface area (Å²) >= 11 is 4.67. The Hall–Kier alpha value is -7.37. The third kappa shape index (κ3) is 19.4. The number of amidine groups is 2. The molecule has 9 rings (SSSR count).